The van der Waals surface area contributed by atoms with Crippen molar-refractivity contribution in [3.05, 3.63) is 58.6 Å². The molecule has 0 unspecified atom stereocenters. The van der Waals surface area contributed by atoms with Crippen LogP contribution < -0.4 is 5.32 Å². The summed E-state index contributed by atoms with van der Waals surface area (Å²) in [6.07, 6.45) is 0. The highest BCUT2D eigenvalue weighted by Crippen LogP contribution is 2.25. The van der Waals surface area contributed by atoms with Crippen molar-refractivity contribution >= 4 is 54.5 Å². The molecule has 3 aromatic rings. The molecule has 0 atom stereocenters. The summed E-state index contributed by atoms with van der Waals surface area (Å²) in [4.78, 5) is 28.0. The molecule has 0 saturated heterocycles. The lowest BCUT2D eigenvalue weighted by Crippen LogP contribution is -2.20. The van der Waals surface area contributed by atoms with Gasteiger partial charge in [0.2, 0.25) is 0 Å². The van der Waals surface area contributed by atoms with Crippen molar-refractivity contribution in [1.82, 2.24) is 4.98 Å². The molecular weight excluding hydrogens is 380 g/mol. The number of aromatic nitrogens is 1. The molecule has 0 saturated carbocycles. The molecule has 1 heterocycles. The lowest BCUT2D eigenvalue weighted by atomic mass is 10.2. The highest BCUT2D eigenvalue weighted by Gasteiger charge is 2.12. The van der Waals surface area contributed by atoms with Gasteiger partial charge in [-0.25, -0.2) is 9.78 Å². The van der Waals surface area contributed by atoms with E-state index in [1.807, 2.05) is 24.3 Å². The second-order valence-corrected chi connectivity index (χ2v) is 6.57. The van der Waals surface area contributed by atoms with Crippen LogP contribution in [0.2, 0.25) is 0 Å². The van der Waals surface area contributed by atoms with Crippen molar-refractivity contribution in [2.24, 2.45) is 0 Å². The maximum atomic E-state index is 11.9. The zero-order valence-electron chi connectivity index (χ0n) is 11.8. The Labute approximate surface area is 144 Å². The van der Waals surface area contributed by atoms with Gasteiger partial charge in [0, 0.05) is 4.47 Å². The first-order valence-corrected chi connectivity index (χ1v) is 8.31. The fraction of sp³-hybridized carbons (Fsp3) is 0.0625. The SMILES string of the molecule is O=C(COC(=O)c1cccc(Br)c1)Nc1nc2ccccc2s1. The number of halogens is 1. The van der Waals surface area contributed by atoms with E-state index in [1.54, 1.807) is 24.3 Å². The first-order chi connectivity index (χ1) is 11.1. The van der Waals surface area contributed by atoms with Crippen LogP contribution in [0, 0.1) is 0 Å². The van der Waals surface area contributed by atoms with E-state index >= 15 is 0 Å². The number of nitrogens with zero attached hydrogens (tertiary/aromatic N) is 1. The number of ether oxygens (including phenoxy) is 1. The van der Waals surface area contributed by atoms with Crippen LogP contribution in [0.4, 0.5) is 5.13 Å². The van der Waals surface area contributed by atoms with E-state index in [-0.39, 0.29) is 6.61 Å². The predicted octanol–water partition coefficient (Wildman–Crippen LogP) is 3.85. The van der Waals surface area contributed by atoms with E-state index in [4.69, 9.17) is 4.74 Å². The van der Waals surface area contributed by atoms with Crippen LogP contribution >= 0.6 is 27.3 Å². The van der Waals surface area contributed by atoms with Crippen molar-refractivity contribution in [2.75, 3.05) is 11.9 Å². The van der Waals surface area contributed by atoms with Crippen LogP contribution in [0.5, 0.6) is 0 Å². The van der Waals surface area contributed by atoms with Crippen LogP contribution in [0.25, 0.3) is 10.2 Å². The fourth-order valence-electron chi connectivity index (χ4n) is 1.91. The number of hydrogen-bond acceptors (Lipinski definition) is 5. The summed E-state index contributed by atoms with van der Waals surface area (Å²) in [5.41, 5.74) is 1.20. The number of esters is 1. The highest BCUT2D eigenvalue weighted by molar-refractivity contribution is 9.10. The van der Waals surface area contributed by atoms with Gasteiger partial charge in [0.1, 0.15) is 0 Å². The van der Waals surface area contributed by atoms with Crippen molar-refractivity contribution < 1.29 is 14.3 Å². The number of nitrogens with one attached hydrogen (secondary N) is 1. The van der Waals surface area contributed by atoms with Gasteiger partial charge in [-0.05, 0) is 30.3 Å². The van der Waals surface area contributed by atoms with Gasteiger partial charge in [-0.1, -0.05) is 45.5 Å². The number of para-hydroxylation sites is 1. The molecule has 23 heavy (non-hydrogen) atoms. The van der Waals surface area contributed by atoms with Gasteiger partial charge in [-0.15, -0.1) is 0 Å². The largest absolute Gasteiger partial charge is 0.452 e. The minimum Gasteiger partial charge on any atom is -0.452 e. The summed E-state index contributed by atoms with van der Waals surface area (Å²) in [6, 6.07) is 14.4. The second kappa shape index (κ2) is 6.89. The van der Waals surface area contributed by atoms with Gasteiger partial charge >= 0.3 is 5.97 Å². The summed E-state index contributed by atoms with van der Waals surface area (Å²) in [6.45, 7) is -0.360. The van der Waals surface area contributed by atoms with Gasteiger partial charge in [0.25, 0.3) is 5.91 Å². The number of thiazole rings is 1. The molecular formula is C16H11BrN2O3S. The van der Waals surface area contributed by atoms with Crippen molar-refractivity contribution in [3.8, 4) is 0 Å². The zero-order valence-corrected chi connectivity index (χ0v) is 14.2. The predicted molar refractivity (Wildman–Crippen MR) is 92.7 cm³/mol. The Kier molecular flexibility index (Phi) is 4.68. The number of hydrogen-bond donors (Lipinski definition) is 1. The molecule has 0 bridgehead atoms. The quantitative estimate of drug-likeness (QED) is 0.686. The molecule has 3 rings (SSSR count). The topological polar surface area (TPSA) is 68.3 Å². The number of carbonyl (C=O) groups excluding carboxylic acids is 2. The number of carbonyl (C=O) groups is 2. The van der Waals surface area contributed by atoms with Gasteiger partial charge in [0.05, 0.1) is 15.8 Å². The van der Waals surface area contributed by atoms with Gasteiger partial charge in [-0.3, -0.25) is 10.1 Å². The van der Waals surface area contributed by atoms with Gasteiger partial charge in [-0.2, -0.15) is 0 Å². The molecule has 0 aliphatic rings. The van der Waals surface area contributed by atoms with Crippen LogP contribution in [-0.4, -0.2) is 23.5 Å². The molecule has 0 aliphatic heterocycles. The van der Waals surface area contributed by atoms with Crippen LogP contribution in [0.3, 0.4) is 0 Å². The summed E-state index contributed by atoms with van der Waals surface area (Å²) in [7, 11) is 0. The minimum atomic E-state index is -0.550. The Morgan fingerprint density at radius 1 is 1.17 bits per heavy atom. The van der Waals surface area contributed by atoms with E-state index in [0.29, 0.717) is 10.7 Å². The lowest BCUT2D eigenvalue weighted by Gasteiger charge is -2.04. The molecule has 0 aliphatic carbocycles. The van der Waals surface area contributed by atoms with Gasteiger partial charge < -0.3 is 4.74 Å². The third kappa shape index (κ3) is 3.94. The maximum absolute atomic E-state index is 11.9. The van der Waals surface area contributed by atoms with Crippen molar-refractivity contribution in [2.45, 2.75) is 0 Å². The molecule has 1 N–H and O–H groups in total. The second-order valence-electron chi connectivity index (χ2n) is 4.62. The summed E-state index contributed by atoms with van der Waals surface area (Å²) in [5.74, 6) is -0.974. The third-order valence-corrected chi connectivity index (χ3v) is 4.38. The van der Waals surface area contributed by atoms with Crippen molar-refractivity contribution in [3.63, 3.8) is 0 Å². The minimum absolute atomic E-state index is 0.360. The molecule has 1 amide bonds. The molecule has 2 aromatic carbocycles. The van der Waals surface area contributed by atoms with Crippen LogP contribution in [0.15, 0.2) is 53.0 Å². The van der Waals surface area contributed by atoms with Crippen molar-refractivity contribution in [1.29, 1.82) is 0 Å². The monoisotopic (exact) mass is 390 g/mol. The molecule has 116 valence electrons. The number of anilines is 1. The van der Waals surface area contributed by atoms with Gasteiger partial charge in [0.15, 0.2) is 11.7 Å². The number of amides is 1. The zero-order chi connectivity index (χ0) is 16.2. The van der Waals surface area contributed by atoms with E-state index < -0.39 is 11.9 Å². The third-order valence-electron chi connectivity index (χ3n) is 2.93. The molecule has 0 spiro atoms. The first-order valence-electron chi connectivity index (χ1n) is 6.70. The average molecular weight is 391 g/mol. The van der Waals surface area contributed by atoms with E-state index in [2.05, 4.69) is 26.2 Å². The summed E-state index contributed by atoms with van der Waals surface area (Å²) >= 11 is 4.65. The molecule has 5 nitrogen and oxygen atoms in total. The first kappa shape index (κ1) is 15.6. The molecule has 1 aromatic heterocycles. The van der Waals surface area contributed by atoms with Crippen LogP contribution in [-0.2, 0) is 9.53 Å². The molecule has 0 radical (unpaired) electrons. The highest BCUT2D eigenvalue weighted by atomic mass is 79.9. The summed E-state index contributed by atoms with van der Waals surface area (Å²) in [5, 5.41) is 3.11. The van der Waals surface area contributed by atoms with Crippen LogP contribution in [0.1, 0.15) is 10.4 Å². The van der Waals surface area contributed by atoms with E-state index in [0.717, 1.165) is 14.7 Å². The Hall–Kier alpha value is -2.25. The number of fused-ring (bicyclic) bond motifs is 1. The average Bonchev–Trinajstić information content (AvgIpc) is 2.94. The number of rotatable bonds is 4. The van der Waals surface area contributed by atoms with E-state index in [1.165, 1.54) is 11.3 Å². The molecule has 0 fully saturated rings. The Bertz CT molecular complexity index is 845. The lowest BCUT2D eigenvalue weighted by molar-refractivity contribution is -0.119. The number of benzene rings is 2. The summed E-state index contributed by atoms with van der Waals surface area (Å²) < 4.78 is 6.75. The Balaban J connectivity index is 1.58. The Morgan fingerprint density at radius 3 is 2.78 bits per heavy atom. The van der Waals surface area contributed by atoms with E-state index in [9.17, 15) is 9.59 Å². The Morgan fingerprint density at radius 2 is 2.00 bits per heavy atom. The standard InChI is InChI=1S/C16H11BrN2O3S/c17-11-5-3-4-10(8-11)15(21)22-9-14(20)19-16-18-12-6-1-2-7-13(12)23-16/h1-8H,9H2,(H,18,19,20). The maximum Gasteiger partial charge on any atom is 0.338 e. The fourth-order valence-corrected chi connectivity index (χ4v) is 3.19. The normalized spacial score (nSPS) is 10.5. The molecule has 7 heteroatoms. The smallest absolute Gasteiger partial charge is 0.338 e.